The first-order valence-electron chi connectivity index (χ1n) is 5.56. The molecule has 1 aliphatic heterocycles. The van der Waals surface area contributed by atoms with Crippen LogP contribution in [0.5, 0.6) is 0 Å². The van der Waals surface area contributed by atoms with E-state index in [1.807, 2.05) is 0 Å². The van der Waals surface area contributed by atoms with Crippen LogP contribution in [0.2, 0.25) is 0 Å². The van der Waals surface area contributed by atoms with Crippen molar-refractivity contribution in [1.82, 2.24) is 5.32 Å². The number of rotatable bonds is 4. The minimum atomic E-state index is -2.95. The van der Waals surface area contributed by atoms with Crippen molar-refractivity contribution < 1.29 is 12.8 Å². The fourth-order valence-corrected chi connectivity index (χ4v) is 2.90. The molecular weight excluding hydrogens is 241 g/mol. The Bertz CT molecular complexity index is 492. The van der Waals surface area contributed by atoms with Gasteiger partial charge >= 0.3 is 0 Å². The van der Waals surface area contributed by atoms with Crippen LogP contribution in [0.1, 0.15) is 12.0 Å². The van der Waals surface area contributed by atoms with Crippen LogP contribution in [0.25, 0.3) is 0 Å². The van der Waals surface area contributed by atoms with Gasteiger partial charge in [-0.2, -0.15) is 0 Å². The van der Waals surface area contributed by atoms with Gasteiger partial charge in [-0.15, -0.1) is 0 Å². The molecule has 2 rings (SSSR count). The van der Waals surface area contributed by atoms with E-state index < -0.39 is 9.84 Å². The van der Waals surface area contributed by atoms with Crippen molar-refractivity contribution in [2.45, 2.75) is 11.8 Å². The molecule has 17 heavy (non-hydrogen) atoms. The largest absolute Gasteiger partial charge is 0.315 e. The highest BCUT2D eigenvalue weighted by Gasteiger charge is 2.38. The van der Waals surface area contributed by atoms with Gasteiger partial charge in [0.1, 0.15) is 15.7 Å². The second-order valence-electron chi connectivity index (χ2n) is 4.77. The van der Waals surface area contributed by atoms with E-state index in [4.69, 9.17) is 0 Å². The molecule has 1 aromatic carbocycles. The van der Waals surface area contributed by atoms with Gasteiger partial charge in [0.05, 0.1) is 5.75 Å². The van der Waals surface area contributed by atoms with Crippen LogP contribution in [0.4, 0.5) is 4.39 Å². The van der Waals surface area contributed by atoms with E-state index in [1.54, 1.807) is 12.1 Å². The normalized spacial score (nSPS) is 18.7. The van der Waals surface area contributed by atoms with Crippen LogP contribution in [-0.2, 0) is 15.3 Å². The Morgan fingerprint density at radius 2 is 1.88 bits per heavy atom. The van der Waals surface area contributed by atoms with Crippen LogP contribution in [0.15, 0.2) is 24.3 Å². The maximum Gasteiger partial charge on any atom is 0.147 e. The Hall–Kier alpha value is -0.940. The Morgan fingerprint density at radius 1 is 1.29 bits per heavy atom. The fraction of sp³-hybridized carbons (Fsp3) is 0.500. The maximum absolute atomic E-state index is 12.9. The Labute approximate surface area is 101 Å². The van der Waals surface area contributed by atoms with Crippen molar-refractivity contribution >= 4 is 9.84 Å². The van der Waals surface area contributed by atoms with Gasteiger partial charge in [-0.25, -0.2) is 12.8 Å². The topological polar surface area (TPSA) is 46.2 Å². The number of halogens is 1. The summed E-state index contributed by atoms with van der Waals surface area (Å²) in [6, 6.07) is 6.35. The van der Waals surface area contributed by atoms with Gasteiger partial charge in [-0.05, 0) is 24.1 Å². The van der Waals surface area contributed by atoms with Crippen LogP contribution in [0, 0.1) is 5.82 Å². The van der Waals surface area contributed by atoms with Crippen molar-refractivity contribution in [2.24, 2.45) is 0 Å². The molecule has 0 unspecified atom stereocenters. The molecule has 0 aromatic heterocycles. The highest BCUT2D eigenvalue weighted by Crippen LogP contribution is 2.32. The molecule has 94 valence electrons. The summed E-state index contributed by atoms with van der Waals surface area (Å²) < 4.78 is 35.3. The number of benzene rings is 1. The molecule has 1 aliphatic rings. The smallest absolute Gasteiger partial charge is 0.147 e. The van der Waals surface area contributed by atoms with Gasteiger partial charge in [0.2, 0.25) is 0 Å². The minimum Gasteiger partial charge on any atom is -0.315 e. The van der Waals surface area contributed by atoms with Gasteiger partial charge in [0.25, 0.3) is 0 Å². The number of nitrogens with one attached hydrogen (secondary N) is 1. The van der Waals surface area contributed by atoms with E-state index >= 15 is 0 Å². The lowest BCUT2D eigenvalue weighted by molar-refractivity contribution is 0.268. The number of sulfone groups is 1. The van der Waals surface area contributed by atoms with E-state index in [2.05, 4.69) is 5.32 Å². The lowest BCUT2D eigenvalue weighted by atomic mass is 9.73. The summed E-state index contributed by atoms with van der Waals surface area (Å²) in [6.45, 7) is 1.52. The number of hydrogen-bond donors (Lipinski definition) is 1. The Kier molecular flexibility index (Phi) is 3.23. The predicted molar refractivity (Wildman–Crippen MR) is 65.3 cm³/mol. The van der Waals surface area contributed by atoms with Gasteiger partial charge in [0, 0.05) is 24.8 Å². The molecule has 1 N–H and O–H groups in total. The Morgan fingerprint density at radius 3 is 2.29 bits per heavy atom. The molecule has 0 saturated carbocycles. The molecule has 0 aliphatic carbocycles. The van der Waals surface area contributed by atoms with Crippen LogP contribution in [0.3, 0.4) is 0 Å². The molecular formula is C12H16FNO2S. The first-order valence-corrected chi connectivity index (χ1v) is 7.62. The second kappa shape index (κ2) is 4.38. The standard InChI is InChI=1S/C12H16FNO2S/c1-17(15,16)7-6-12(8-14-9-12)10-2-4-11(13)5-3-10/h2-5,14H,6-9H2,1H3. The fourth-order valence-electron chi connectivity index (χ4n) is 2.14. The van der Waals surface area contributed by atoms with Crippen LogP contribution in [-0.4, -0.2) is 33.5 Å². The van der Waals surface area contributed by atoms with Gasteiger partial charge in [-0.3, -0.25) is 0 Å². The van der Waals surface area contributed by atoms with E-state index in [0.29, 0.717) is 6.42 Å². The third-order valence-electron chi connectivity index (χ3n) is 3.33. The van der Waals surface area contributed by atoms with Crippen molar-refractivity contribution in [1.29, 1.82) is 0 Å². The van der Waals surface area contributed by atoms with E-state index in [0.717, 1.165) is 18.7 Å². The molecule has 0 amide bonds. The van der Waals surface area contributed by atoms with E-state index in [-0.39, 0.29) is 17.0 Å². The van der Waals surface area contributed by atoms with Crippen LogP contribution >= 0.6 is 0 Å². The third kappa shape index (κ3) is 2.84. The van der Waals surface area contributed by atoms with Crippen molar-refractivity contribution in [3.63, 3.8) is 0 Å². The summed E-state index contributed by atoms with van der Waals surface area (Å²) in [5, 5.41) is 3.16. The average molecular weight is 257 g/mol. The molecule has 0 radical (unpaired) electrons. The summed E-state index contributed by atoms with van der Waals surface area (Å²) in [5.74, 6) is -0.0919. The zero-order valence-electron chi connectivity index (χ0n) is 9.74. The zero-order valence-corrected chi connectivity index (χ0v) is 10.6. The molecule has 5 heteroatoms. The summed E-state index contributed by atoms with van der Waals surface area (Å²) >= 11 is 0. The lowest BCUT2D eigenvalue weighted by Gasteiger charge is -2.43. The maximum atomic E-state index is 12.9. The summed E-state index contributed by atoms with van der Waals surface area (Å²) in [7, 11) is -2.95. The third-order valence-corrected chi connectivity index (χ3v) is 4.28. The molecule has 0 bridgehead atoms. The van der Waals surface area contributed by atoms with Gasteiger partial charge < -0.3 is 5.32 Å². The van der Waals surface area contributed by atoms with E-state index in [9.17, 15) is 12.8 Å². The average Bonchev–Trinajstić information content (AvgIpc) is 2.17. The molecule has 0 spiro atoms. The summed E-state index contributed by atoms with van der Waals surface area (Å²) in [4.78, 5) is 0. The highest BCUT2D eigenvalue weighted by molar-refractivity contribution is 7.90. The molecule has 1 heterocycles. The SMILES string of the molecule is CS(=O)(=O)CCC1(c2ccc(F)cc2)CNC1. The van der Waals surface area contributed by atoms with Crippen molar-refractivity contribution in [2.75, 3.05) is 25.1 Å². The first-order chi connectivity index (χ1) is 7.91. The van der Waals surface area contributed by atoms with Gasteiger partial charge in [0.15, 0.2) is 0 Å². The zero-order chi connectivity index (χ0) is 12.5. The molecule has 1 saturated heterocycles. The van der Waals surface area contributed by atoms with Gasteiger partial charge in [-0.1, -0.05) is 12.1 Å². The molecule has 3 nitrogen and oxygen atoms in total. The van der Waals surface area contributed by atoms with Crippen molar-refractivity contribution in [3.8, 4) is 0 Å². The van der Waals surface area contributed by atoms with Crippen LogP contribution < -0.4 is 5.32 Å². The Balaban J connectivity index is 2.17. The molecule has 1 fully saturated rings. The van der Waals surface area contributed by atoms with E-state index in [1.165, 1.54) is 18.4 Å². The molecule has 0 atom stereocenters. The monoisotopic (exact) mass is 257 g/mol. The lowest BCUT2D eigenvalue weighted by Crippen LogP contribution is -2.57. The summed E-state index contributed by atoms with van der Waals surface area (Å²) in [5.41, 5.74) is 0.873. The first kappa shape index (κ1) is 12.5. The van der Waals surface area contributed by atoms with Crippen molar-refractivity contribution in [3.05, 3.63) is 35.6 Å². The minimum absolute atomic E-state index is 0.142. The highest BCUT2D eigenvalue weighted by atomic mass is 32.2. The summed E-state index contributed by atoms with van der Waals surface area (Å²) in [6.07, 6.45) is 1.84. The second-order valence-corrected chi connectivity index (χ2v) is 7.03. The molecule has 1 aromatic rings. The quantitative estimate of drug-likeness (QED) is 0.878. The number of hydrogen-bond acceptors (Lipinski definition) is 3. The predicted octanol–water partition coefficient (Wildman–Crippen LogP) is 1.10.